The standard InChI is InChI=1S/C18H24N4O4/c1-2-26-14-9-5-4-8-13(14)19-12-15(23)21-22-16(24)18(20-17(22)25)10-6-3-7-11-18/h4-5,8-9,19H,2-3,6-7,10-12H2,1H3,(H,20,25)(H,21,23). The number of carbonyl (C=O) groups excluding carboxylic acids is 3. The number of amides is 4. The lowest BCUT2D eigenvalue weighted by atomic mass is 9.82. The van der Waals surface area contributed by atoms with Gasteiger partial charge in [0.2, 0.25) is 0 Å². The zero-order chi connectivity index (χ0) is 18.6. The maximum absolute atomic E-state index is 12.6. The fourth-order valence-corrected chi connectivity index (χ4v) is 3.45. The normalized spacial score (nSPS) is 18.6. The van der Waals surface area contributed by atoms with Crippen molar-refractivity contribution in [3.63, 3.8) is 0 Å². The van der Waals surface area contributed by atoms with Gasteiger partial charge in [-0.3, -0.25) is 15.0 Å². The van der Waals surface area contributed by atoms with Crippen LogP contribution in [0.15, 0.2) is 24.3 Å². The first-order chi connectivity index (χ1) is 12.6. The highest BCUT2D eigenvalue weighted by Crippen LogP contribution is 2.33. The third-order valence-electron chi connectivity index (χ3n) is 4.73. The quantitative estimate of drug-likeness (QED) is 0.672. The number of ether oxygens (including phenoxy) is 1. The second-order valence-electron chi connectivity index (χ2n) is 6.53. The van der Waals surface area contributed by atoms with Crippen LogP contribution in [0.2, 0.25) is 0 Å². The molecule has 8 heteroatoms. The molecular formula is C18H24N4O4. The van der Waals surface area contributed by atoms with Crippen LogP contribution in [0, 0.1) is 0 Å². The number of anilines is 1. The van der Waals surface area contributed by atoms with Gasteiger partial charge in [0.1, 0.15) is 11.3 Å². The predicted molar refractivity (Wildman–Crippen MR) is 95.4 cm³/mol. The molecule has 1 aromatic rings. The van der Waals surface area contributed by atoms with Crippen LogP contribution in [0.1, 0.15) is 39.0 Å². The van der Waals surface area contributed by atoms with Crippen LogP contribution in [0.5, 0.6) is 5.75 Å². The van der Waals surface area contributed by atoms with Crippen LogP contribution >= 0.6 is 0 Å². The van der Waals surface area contributed by atoms with Gasteiger partial charge in [-0.2, -0.15) is 5.01 Å². The number of benzene rings is 1. The van der Waals surface area contributed by atoms with E-state index in [4.69, 9.17) is 4.74 Å². The summed E-state index contributed by atoms with van der Waals surface area (Å²) in [5.41, 5.74) is 2.22. The maximum Gasteiger partial charge on any atom is 0.344 e. The van der Waals surface area contributed by atoms with Gasteiger partial charge in [-0.15, -0.1) is 0 Å². The molecule has 1 heterocycles. The number of hydrogen-bond donors (Lipinski definition) is 3. The Morgan fingerprint density at radius 2 is 1.96 bits per heavy atom. The van der Waals surface area contributed by atoms with Crippen molar-refractivity contribution in [3.05, 3.63) is 24.3 Å². The number of carbonyl (C=O) groups is 3. The van der Waals surface area contributed by atoms with Crippen molar-refractivity contribution in [2.45, 2.75) is 44.6 Å². The Morgan fingerprint density at radius 1 is 1.23 bits per heavy atom. The second-order valence-corrected chi connectivity index (χ2v) is 6.53. The summed E-state index contributed by atoms with van der Waals surface area (Å²) in [6.07, 6.45) is 4.07. The molecule has 2 fully saturated rings. The van der Waals surface area contributed by atoms with Crippen LogP contribution < -0.4 is 20.8 Å². The van der Waals surface area contributed by atoms with Gasteiger partial charge >= 0.3 is 6.03 Å². The minimum atomic E-state index is -0.850. The third kappa shape index (κ3) is 3.58. The van der Waals surface area contributed by atoms with Gasteiger partial charge in [-0.25, -0.2) is 4.79 Å². The summed E-state index contributed by atoms with van der Waals surface area (Å²) in [5, 5.41) is 6.53. The van der Waals surface area contributed by atoms with Crippen LogP contribution in [0.3, 0.4) is 0 Å². The number of para-hydroxylation sites is 2. The van der Waals surface area contributed by atoms with E-state index in [1.807, 2.05) is 19.1 Å². The van der Waals surface area contributed by atoms with Gasteiger partial charge in [0, 0.05) is 0 Å². The SMILES string of the molecule is CCOc1ccccc1NCC(=O)NN1C(=O)NC2(CCCCC2)C1=O. The van der Waals surface area contributed by atoms with Crippen LogP contribution in [0.25, 0.3) is 0 Å². The Balaban J connectivity index is 1.58. The van der Waals surface area contributed by atoms with E-state index in [9.17, 15) is 14.4 Å². The maximum atomic E-state index is 12.6. The Kier molecular flexibility index (Phi) is 5.29. The lowest BCUT2D eigenvalue weighted by Crippen LogP contribution is -2.51. The van der Waals surface area contributed by atoms with E-state index in [-0.39, 0.29) is 12.5 Å². The van der Waals surface area contributed by atoms with E-state index in [0.717, 1.165) is 24.3 Å². The third-order valence-corrected chi connectivity index (χ3v) is 4.73. The molecule has 0 atom stereocenters. The van der Waals surface area contributed by atoms with E-state index >= 15 is 0 Å². The van der Waals surface area contributed by atoms with Crippen LogP contribution in [-0.4, -0.2) is 41.5 Å². The molecule has 0 radical (unpaired) electrons. The summed E-state index contributed by atoms with van der Waals surface area (Å²) in [6.45, 7) is 2.30. The molecular weight excluding hydrogens is 336 g/mol. The van der Waals surface area contributed by atoms with Gasteiger partial charge in [-0.1, -0.05) is 31.4 Å². The number of rotatable bonds is 6. The molecule has 0 bridgehead atoms. The molecule has 1 saturated carbocycles. The summed E-state index contributed by atoms with van der Waals surface area (Å²) in [7, 11) is 0. The average Bonchev–Trinajstić information content (AvgIpc) is 2.86. The number of imide groups is 1. The first kappa shape index (κ1) is 18.0. The summed E-state index contributed by atoms with van der Waals surface area (Å²) < 4.78 is 5.49. The Labute approximate surface area is 152 Å². The zero-order valence-corrected chi connectivity index (χ0v) is 14.8. The van der Waals surface area contributed by atoms with E-state index < -0.39 is 17.5 Å². The van der Waals surface area contributed by atoms with E-state index in [0.29, 0.717) is 30.9 Å². The molecule has 1 aromatic carbocycles. The molecule has 2 aliphatic rings. The first-order valence-electron chi connectivity index (χ1n) is 8.97. The molecule has 0 unspecified atom stereocenters. The number of hydrogen-bond acceptors (Lipinski definition) is 5. The van der Waals surface area contributed by atoms with Crippen molar-refractivity contribution in [2.75, 3.05) is 18.5 Å². The highest BCUT2D eigenvalue weighted by molar-refractivity contribution is 6.08. The van der Waals surface area contributed by atoms with E-state index in [2.05, 4.69) is 16.1 Å². The summed E-state index contributed by atoms with van der Waals surface area (Å²) in [4.78, 5) is 37.0. The van der Waals surface area contributed by atoms with Gasteiger partial charge < -0.3 is 15.4 Å². The van der Waals surface area contributed by atoms with Crippen LogP contribution in [-0.2, 0) is 9.59 Å². The molecule has 4 amide bonds. The van der Waals surface area contributed by atoms with Crippen molar-refractivity contribution < 1.29 is 19.1 Å². The van der Waals surface area contributed by atoms with Crippen molar-refractivity contribution in [1.29, 1.82) is 0 Å². The molecule has 1 spiro atoms. The number of nitrogens with zero attached hydrogens (tertiary/aromatic N) is 1. The molecule has 8 nitrogen and oxygen atoms in total. The van der Waals surface area contributed by atoms with Gasteiger partial charge in [0.25, 0.3) is 11.8 Å². The van der Waals surface area contributed by atoms with Crippen molar-refractivity contribution >= 4 is 23.5 Å². The summed E-state index contributed by atoms with van der Waals surface area (Å²) >= 11 is 0. The summed E-state index contributed by atoms with van der Waals surface area (Å²) in [5.74, 6) is -0.211. The molecule has 140 valence electrons. The summed E-state index contributed by atoms with van der Waals surface area (Å²) in [6, 6.07) is 6.69. The molecule has 3 rings (SSSR count). The monoisotopic (exact) mass is 360 g/mol. The Hall–Kier alpha value is -2.77. The minimum absolute atomic E-state index is 0.0891. The average molecular weight is 360 g/mol. The number of nitrogens with one attached hydrogen (secondary N) is 3. The topological polar surface area (TPSA) is 99.8 Å². The Bertz CT molecular complexity index is 700. The van der Waals surface area contributed by atoms with Gasteiger partial charge in [0.15, 0.2) is 0 Å². The molecule has 3 N–H and O–H groups in total. The molecule has 0 aromatic heterocycles. The molecule has 1 saturated heterocycles. The lowest BCUT2D eigenvalue weighted by Gasteiger charge is -2.30. The zero-order valence-electron chi connectivity index (χ0n) is 14.8. The molecule has 26 heavy (non-hydrogen) atoms. The number of urea groups is 1. The molecule has 1 aliphatic carbocycles. The predicted octanol–water partition coefficient (Wildman–Crippen LogP) is 1.78. The van der Waals surface area contributed by atoms with E-state index in [1.54, 1.807) is 12.1 Å². The van der Waals surface area contributed by atoms with Crippen LogP contribution in [0.4, 0.5) is 10.5 Å². The first-order valence-corrected chi connectivity index (χ1v) is 8.97. The second kappa shape index (κ2) is 7.63. The van der Waals surface area contributed by atoms with Gasteiger partial charge in [0.05, 0.1) is 18.8 Å². The lowest BCUT2D eigenvalue weighted by molar-refractivity contribution is -0.139. The highest BCUT2D eigenvalue weighted by Gasteiger charge is 2.52. The number of hydrazine groups is 1. The highest BCUT2D eigenvalue weighted by atomic mass is 16.5. The molecule has 1 aliphatic heterocycles. The fraction of sp³-hybridized carbons (Fsp3) is 0.500. The minimum Gasteiger partial charge on any atom is -0.492 e. The van der Waals surface area contributed by atoms with Gasteiger partial charge in [-0.05, 0) is 31.9 Å². The van der Waals surface area contributed by atoms with Crippen molar-refractivity contribution in [1.82, 2.24) is 15.8 Å². The smallest absolute Gasteiger partial charge is 0.344 e. The van der Waals surface area contributed by atoms with Crippen molar-refractivity contribution in [3.8, 4) is 5.75 Å². The van der Waals surface area contributed by atoms with E-state index in [1.165, 1.54) is 0 Å². The largest absolute Gasteiger partial charge is 0.492 e. The van der Waals surface area contributed by atoms with Crippen molar-refractivity contribution in [2.24, 2.45) is 0 Å². The fourth-order valence-electron chi connectivity index (χ4n) is 3.45. The Morgan fingerprint density at radius 3 is 2.69 bits per heavy atom.